The van der Waals surface area contributed by atoms with Gasteiger partial charge in [0.1, 0.15) is 0 Å². The van der Waals surface area contributed by atoms with Crippen LogP contribution in [0.5, 0.6) is 0 Å². The van der Waals surface area contributed by atoms with E-state index in [2.05, 4.69) is 4.98 Å². The number of hydrogen-bond donors (Lipinski definition) is 0. The van der Waals surface area contributed by atoms with Crippen molar-refractivity contribution in [3.05, 3.63) is 52.7 Å². The molecule has 1 aromatic heterocycles. The highest BCUT2D eigenvalue weighted by molar-refractivity contribution is 6.37. The van der Waals surface area contributed by atoms with Crippen LogP contribution < -0.4 is 0 Å². The summed E-state index contributed by atoms with van der Waals surface area (Å²) in [5.41, 5.74) is 2.05. The van der Waals surface area contributed by atoms with Gasteiger partial charge in [-0.15, -0.1) is 0 Å². The van der Waals surface area contributed by atoms with Gasteiger partial charge in [0.05, 0.1) is 23.2 Å². The number of ether oxygens (including phenoxy) is 1. The topological polar surface area (TPSA) is 39.2 Å². The summed E-state index contributed by atoms with van der Waals surface area (Å²) < 4.78 is 4.87. The van der Waals surface area contributed by atoms with E-state index < -0.39 is 0 Å². The number of methoxy groups -OCH3 is 1. The lowest BCUT2D eigenvalue weighted by molar-refractivity contribution is 0.0602. The summed E-state index contributed by atoms with van der Waals surface area (Å²) in [7, 11) is 1.38. The number of nitrogens with zero attached hydrogens (tertiary/aromatic N) is 1. The van der Waals surface area contributed by atoms with E-state index in [0.29, 0.717) is 10.6 Å². The predicted molar refractivity (Wildman–Crippen MR) is 80.3 cm³/mol. The van der Waals surface area contributed by atoms with Crippen molar-refractivity contribution in [1.82, 2.24) is 4.98 Å². The predicted octanol–water partition coefficient (Wildman–Crippen LogP) is 4.14. The monoisotopic (exact) mass is 285 g/mol. The fraction of sp³-hybridized carbons (Fsp3) is 0.125. The Hall–Kier alpha value is -2.13. The smallest absolute Gasteiger partial charge is 0.338 e. The van der Waals surface area contributed by atoms with Crippen molar-refractivity contribution in [1.29, 1.82) is 0 Å². The van der Waals surface area contributed by atoms with Gasteiger partial charge in [-0.2, -0.15) is 0 Å². The van der Waals surface area contributed by atoms with E-state index in [9.17, 15) is 4.79 Å². The molecular weight excluding hydrogens is 274 g/mol. The van der Waals surface area contributed by atoms with E-state index in [0.717, 1.165) is 27.2 Å². The Kier molecular flexibility index (Phi) is 3.07. The zero-order chi connectivity index (χ0) is 14.3. The molecule has 0 fully saturated rings. The molecule has 3 rings (SSSR count). The van der Waals surface area contributed by atoms with Crippen LogP contribution in [0, 0.1) is 6.92 Å². The Labute approximate surface area is 121 Å². The highest BCUT2D eigenvalue weighted by Gasteiger charge is 2.16. The zero-order valence-corrected chi connectivity index (χ0v) is 11.9. The molecule has 100 valence electrons. The largest absolute Gasteiger partial charge is 0.465 e. The van der Waals surface area contributed by atoms with Crippen LogP contribution in [0.1, 0.15) is 15.9 Å². The maximum Gasteiger partial charge on any atom is 0.338 e. The van der Waals surface area contributed by atoms with Crippen LogP contribution in [0.4, 0.5) is 0 Å². The van der Waals surface area contributed by atoms with Gasteiger partial charge in [-0.1, -0.05) is 35.9 Å². The van der Waals surface area contributed by atoms with Gasteiger partial charge >= 0.3 is 5.97 Å². The van der Waals surface area contributed by atoms with E-state index in [1.54, 1.807) is 6.20 Å². The number of halogens is 1. The van der Waals surface area contributed by atoms with Crippen molar-refractivity contribution >= 4 is 39.2 Å². The maximum absolute atomic E-state index is 12.0. The van der Waals surface area contributed by atoms with Crippen molar-refractivity contribution in [2.45, 2.75) is 6.92 Å². The Morgan fingerprint density at radius 2 is 2.05 bits per heavy atom. The van der Waals surface area contributed by atoms with Crippen LogP contribution in [-0.4, -0.2) is 18.1 Å². The Bertz CT molecular complexity index is 843. The van der Waals surface area contributed by atoms with Crippen LogP contribution in [-0.2, 0) is 4.74 Å². The number of carbonyl (C=O) groups excluding carboxylic acids is 1. The molecule has 3 nitrogen and oxygen atoms in total. The second kappa shape index (κ2) is 4.76. The van der Waals surface area contributed by atoms with Crippen LogP contribution in [0.3, 0.4) is 0 Å². The number of aryl methyl sites for hydroxylation is 1. The molecule has 0 saturated heterocycles. The van der Waals surface area contributed by atoms with E-state index >= 15 is 0 Å². The summed E-state index contributed by atoms with van der Waals surface area (Å²) >= 11 is 6.29. The first-order chi connectivity index (χ1) is 9.63. The molecule has 0 spiro atoms. The number of carbonyl (C=O) groups is 1. The molecule has 0 aliphatic carbocycles. The van der Waals surface area contributed by atoms with E-state index in [1.807, 2.05) is 37.3 Å². The number of benzene rings is 2. The minimum absolute atomic E-state index is 0.360. The molecular formula is C16H12ClNO2. The molecule has 0 unspecified atom stereocenters. The first-order valence-corrected chi connectivity index (χ1v) is 6.56. The second-order valence-electron chi connectivity index (χ2n) is 4.61. The molecule has 0 radical (unpaired) electrons. The quantitative estimate of drug-likeness (QED) is 0.498. The van der Waals surface area contributed by atoms with E-state index in [-0.39, 0.29) is 5.97 Å². The summed E-state index contributed by atoms with van der Waals surface area (Å²) in [4.78, 5) is 16.4. The molecule has 0 atom stereocenters. The highest BCUT2D eigenvalue weighted by atomic mass is 35.5. The lowest BCUT2D eigenvalue weighted by Crippen LogP contribution is -2.05. The van der Waals surface area contributed by atoms with Crippen LogP contribution in [0.2, 0.25) is 5.02 Å². The van der Waals surface area contributed by atoms with Crippen molar-refractivity contribution in [3.8, 4) is 0 Å². The van der Waals surface area contributed by atoms with E-state index in [4.69, 9.17) is 16.3 Å². The van der Waals surface area contributed by atoms with Gasteiger partial charge in [-0.25, -0.2) is 4.79 Å². The second-order valence-corrected chi connectivity index (χ2v) is 5.01. The van der Waals surface area contributed by atoms with E-state index in [1.165, 1.54) is 7.11 Å². The van der Waals surface area contributed by atoms with Crippen LogP contribution >= 0.6 is 11.6 Å². The average Bonchev–Trinajstić information content (AvgIpc) is 2.46. The van der Waals surface area contributed by atoms with Crippen molar-refractivity contribution in [2.24, 2.45) is 0 Å². The van der Waals surface area contributed by atoms with Crippen molar-refractivity contribution in [2.75, 3.05) is 7.11 Å². The molecule has 1 heterocycles. The van der Waals surface area contributed by atoms with Crippen molar-refractivity contribution in [3.63, 3.8) is 0 Å². The molecule has 0 amide bonds. The Balaban J connectivity index is 2.52. The van der Waals surface area contributed by atoms with Gasteiger partial charge in [0.25, 0.3) is 0 Å². The van der Waals surface area contributed by atoms with Gasteiger partial charge in [-0.05, 0) is 23.9 Å². The first-order valence-electron chi connectivity index (χ1n) is 6.18. The summed E-state index contributed by atoms with van der Waals surface area (Å²) in [5, 5.41) is 3.24. The Morgan fingerprint density at radius 1 is 1.25 bits per heavy atom. The fourth-order valence-electron chi connectivity index (χ4n) is 2.46. The standard InChI is InChI=1S/C16H12ClNO2/c1-9-8-18-15-11(13(9)16(19)20-2)7-6-10-4-3-5-12(17)14(10)15/h3-8H,1-2H3. The van der Waals surface area contributed by atoms with Gasteiger partial charge in [0, 0.05) is 17.0 Å². The highest BCUT2D eigenvalue weighted by Crippen LogP contribution is 2.32. The zero-order valence-electron chi connectivity index (χ0n) is 11.1. The van der Waals surface area contributed by atoms with Crippen LogP contribution in [0.15, 0.2) is 36.5 Å². The minimum Gasteiger partial charge on any atom is -0.465 e. The molecule has 3 aromatic rings. The molecule has 0 N–H and O–H groups in total. The number of esters is 1. The number of rotatable bonds is 1. The number of aromatic nitrogens is 1. The lowest BCUT2D eigenvalue weighted by atomic mass is 10.00. The summed E-state index contributed by atoms with van der Waals surface area (Å²) in [6.07, 6.45) is 1.68. The first kappa shape index (κ1) is 12.9. The Morgan fingerprint density at radius 3 is 2.80 bits per heavy atom. The number of fused-ring (bicyclic) bond motifs is 3. The summed E-state index contributed by atoms with van der Waals surface area (Å²) in [6.45, 7) is 1.84. The molecule has 0 aliphatic rings. The third kappa shape index (κ3) is 1.82. The molecule has 2 aromatic carbocycles. The van der Waals surface area contributed by atoms with Crippen LogP contribution in [0.25, 0.3) is 21.7 Å². The minimum atomic E-state index is -0.360. The molecule has 0 bridgehead atoms. The fourth-order valence-corrected chi connectivity index (χ4v) is 2.73. The third-order valence-electron chi connectivity index (χ3n) is 3.41. The molecule has 4 heteroatoms. The summed E-state index contributed by atoms with van der Waals surface area (Å²) in [6, 6.07) is 9.52. The normalized spacial score (nSPS) is 10.9. The van der Waals surface area contributed by atoms with Gasteiger partial charge in [0.2, 0.25) is 0 Å². The third-order valence-corrected chi connectivity index (χ3v) is 3.72. The maximum atomic E-state index is 12.0. The number of pyridine rings is 1. The SMILES string of the molecule is COC(=O)c1c(C)cnc2c1ccc1cccc(Cl)c12. The summed E-state index contributed by atoms with van der Waals surface area (Å²) in [5.74, 6) is -0.360. The molecule has 0 saturated carbocycles. The van der Waals surface area contributed by atoms with Gasteiger partial charge in [-0.3, -0.25) is 4.98 Å². The molecule has 20 heavy (non-hydrogen) atoms. The van der Waals surface area contributed by atoms with Gasteiger partial charge in [0.15, 0.2) is 0 Å². The van der Waals surface area contributed by atoms with Crippen molar-refractivity contribution < 1.29 is 9.53 Å². The lowest BCUT2D eigenvalue weighted by Gasteiger charge is -2.10. The van der Waals surface area contributed by atoms with Gasteiger partial charge < -0.3 is 4.74 Å². The molecule has 0 aliphatic heterocycles. The number of hydrogen-bond acceptors (Lipinski definition) is 3. The average molecular weight is 286 g/mol.